The number of aryl methyl sites for hydroxylation is 1. The molecule has 1 unspecified atom stereocenters. The Kier molecular flexibility index (Phi) is 7.80. The highest BCUT2D eigenvalue weighted by Gasteiger charge is 2.30. The molecule has 1 aromatic heterocycles. The second kappa shape index (κ2) is 11.2. The van der Waals surface area contributed by atoms with Gasteiger partial charge in [0.15, 0.2) is 5.82 Å². The van der Waals surface area contributed by atoms with Crippen LogP contribution in [0.4, 0.5) is 0 Å². The molecule has 2 amide bonds. The fraction of sp³-hybridized carbons (Fsp3) is 0.407. The van der Waals surface area contributed by atoms with Crippen molar-refractivity contribution < 1.29 is 18.8 Å². The zero-order valence-electron chi connectivity index (χ0n) is 20.6. The van der Waals surface area contributed by atoms with Crippen LogP contribution in [0.15, 0.2) is 53.1 Å². The van der Waals surface area contributed by atoms with Crippen LogP contribution in [-0.4, -0.2) is 64.5 Å². The number of unbranched alkanes of at least 4 members (excludes halogenated alkanes) is 1. The molecule has 35 heavy (non-hydrogen) atoms. The molecule has 184 valence electrons. The van der Waals surface area contributed by atoms with Crippen LogP contribution in [0, 0.1) is 0 Å². The molecule has 1 fully saturated rings. The molecule has 1 saturated heterocycles. The van der Waals surface area contributed by atoms with Crippen LogP contribution < -0.4 is 4.74 Å². The number of methoxy groups -OCH3 is 1. The van der Waals surface area contributed by atoms with Crippen molar-refractivity contribution in [3.8, 4) is 17.2 Å². The van der Waals surface area contributed by atoms with Gasteiger partial charge in [0.05, 0.1) is 13.5 Å². The van der Waals surface area contributed by atoms with E-state index in [4.69, 9.17) is 9.26 Å². The third-order valence-corrected chi connectivity index (χ3v) is 6.36. The normalized spacial score (nSPS) is 15.8. The fourth-order valence-corrected chi connectivity index (χ4v) is 4.29. The topological polar surface area (TPSA) is 88.8 Å². The van der Waals surface area contributed by atoms with E-state index in [-0.39, 0.29) is 24.3 Å². The number of benzene rings is 2. The van der Waals surface area contributed by atoms with Gasteiger partial charge in [-0.15, -0.1) is 0 Å². The van der Waals surface area contributed by atoms with Crippen LogP contribution in [-0.2, 0) is 17.6 Å². The largest absolute Gasteiger partial charge is 0.497 e. The number of nitrogens with zero attached hydrogens (tertiary/aromatic N) is 4. The van der Waals surface area contributed by atoms with Crippen LogP contribution in [0.3, 0.4) is 0 Å². The highest BCUT2D eigenvalue weighted by Crippen LogP contribution is 2.22. The summed E-state index contributed by atoms with van der Waals surface area (Å²) in [5.74, 6) is 1.29. The molecule has 2 heterocycles. The van der Waals surface area contributed by atoms with Gasteiger partial charge in [-0.2, -0.15) is 4.98 Å². The third kappa shape index (κ3) is 5.88. The Bertz CT molecular complexity index is 1160. The summed E-state index contributed by atoms with van der Waals surface area (Å²) in [5.41, 5.74) is 2.67. The maximum Gasteiger partial charge on any atom is 0.258 e. The highest BCUT2D eigenvalue weighted by molar-refractivity contribution is 5.94. The second-order valence-electron chi connectivity index (χ2n) is 8.91. The van der Waals surface area contributed by atoms with Gasteiger partial charge in [-0.1, -0.05) is 36.7 Å². The molecule has 1 aliphatic heterocycles. The Hall–Kier alpha value is -3.68. The van der Waals surface area contributed by atoms with Crippen molar-refractivity contribution in [3.63, 3.8) is 0 Å². The smallest absolute Gasteiger partial charge is 0.258 e. The lowest BCUT2D eigenvalue weighted by atomic mass is 10.0. The summed E-state index contributed by atoms with van der Waals surface area (Å²) in [5, 5.41) is 3.97. The van der Waals surface area contributed by atoms with Crippen molar-refractivity contribution in [1.29, 1.82) is 0 Å². The summed E-state index contributed by atoms with van der Waals surface area (Å²) in [6.45, 7) is 5.59. The van der Waals surface area contributed by atoms with Crippen molar-refractivity contribution in [2.24, 2.45) is 0 Å². The number of carbonyl (C=O) groups is 2. The molecule has 0 radical (unpaired) electrons. The highest BCUT2D eigenvalue weighted by atomic mass is 16.5. The first-order chi connectivity index (χ1) is 17.0. The van der Waals surface area contributed by atoms with E-state index in [9.17, 15) is 9.59 Å². The molecule has 0 N–H and O–H groups in total. The standard InChI is InChI=1S/C27H32N4O4/c1-4-5-7-20-10-12-21(13-11-20)27(33)31-15-14-30(18-19(31)2)25(32)17-24-28-26(35-29-24)22-8-6-9-23(16-22)34-3/h6,8-13,16,19H,4-5,7,14-15,17-18H2,1-3H3. The number of carbonyl (C=O) groups excluding carboxylic acids is 2. The van der Waals surface area contributed by atoms with Crippen molar-refractivity contribution in [2.45, 2.75) is 45.6 Å². The summed E-state index contributed by atoms with van der Waals surface area (Å²) in [4.78, 5) is 34.0. The Morgan fingerprint density at radius 3 is 2.66 bits per heavy atom. The Morgan fingerprint density at radius 2 is 1.94 bits per heavy atom. The van der Waals surface area contributed by atoms with Crippen LogP contribution in [0.25, 0.3) is 11.5 Å². The van der Waals surface area contributed by atoms with Gasteiger partial charge in [-0.3, -0.25) is 9.59 Å². The third-order valence-electron chi connectivity index (χ3n) is 6.36. The summed E-state index contributed by atoms with van der Waals surface area (Å²) in [6, 6.07) is 15.1. The molecule has 1 aliphatic rings. The van der Waals surface area contributed by atoms with Gasteiger partial charge in [0.1, 0.15) is 5.75 Å². The van der Waals surface area contributed by atoms with Gasteiger partial charge in [0, 0.05) is 36.8 Å². The maximum absolute atomic E-state index is 13.1. The molecule has 3 aromatic rings. The van der Waals surface area contributed by atoms with Crippen molar-refractivity contribution in [3.05, 3.63) is 65.5 Å². The van der Waals surface area contributed by atoms with E-state index in [1.807, 2.05) is 54.3 Å². The molecule has 0 saturated carbocycles. The number of rotatable bonds is 8. The van der Waals surface area contributed by atoms with Crippen LogP contribution in [0.5, 0.6) is 5.75 Å². The summed E-state index contributed by atoms with van der Waals surface area (Å²) in [7, 11) is 1.59. The first kappa shape index (κ1) is 24.4. The molecule has 0 aliphatic carbocycles. The minimum Gasteiger partial charge on any atom is -0.497 e. The number of aromatic nitrogens is 2. The monoisotopic (exact) mass is 476 g/mol. The molecule has 2 aromatic carbocycles. The summed E-state index contributed by atoms with van der Waals surface area (Å²) >= 11 is 0. The second-order valence-corrected chi connectivity index (χ2v) is 8.91. The van der Waals surface area contributed by atoms with Crippen LogP contribution >= 0.6 is 0 Å². The lowest BCUT2D eigenvalue weighted by Crippen LogP contribution is -2.55. The Labute approximate surface area is 205 Å². The molecule has 8 heteroatoms. The zero-order chi connectivity index (χ0) is 24.8. The van der Waals surface area contributed by atoms with Gasteiger partial charge < -0.3 is 19.1 Å². The average Bonchev–Trinajstić information content (AvgIpc) is 3.36. The van der Waals surface area contributed by atoms with E-state index in [0.29, 0.717) is 42.7 Å². The number of hydrogen-bond acceptors (Lipinski definition) is 6. The van der Waals surface area contributed by atoms with Gasteiger partial charge in [-0.05, 0) is 55.7 Å². The Morgan fingerprint density at radius 1 is 1.14 bits per heavy atom. The van der Waals surface area contributed by atoms with Gasteiger partial charge in [0.25, 0.3) is 11.8 Å². The van der Waals surface area contributed by atoms with E-state index < -0.39 is 0 Å². The van der Waals surface area contributed by atoms with Gasteiger partial charge >= 0.3 is 0 Å². The first-order valence-corrected chi connectivity index (χ1v) is 12.1. The molecule has 1 atom stereocenters. The Balaban J connectivity index is 1.33. The lowest BCUT2D eigenvalue weighted by molar-refractivity contribution is -0.133. The fourth-order valence-electron chi connectivity index (χ4n) is 4.29. The molecule has 0 spiro atoms. The van der Waals surface area contributed by atoms with Crippen LogP contribution in [0.1, 0.15) is 48.4 Å². The predicted octanol–water partition coefficient (Wildman–Crippen LogP) is 4.00. The van der Waals surface area contributed by atoms with Crippen molar-refractivity contribution in [2.75, 3.05) is 26.7 Å². The summed E-state index contributed by atoms with van der Waals surface area (Å²) in [6.07, 6.45) is 3.38. The minimum atomic E-state index is -0.0856. The molecule has 4 rings (SSSR count). The van der Waals surface area contributed by atoms with E-state index in [2.05, 4.69) is 17.1 Å². The van der Waals surface area contributed by atoms with E-state index in [1.165, 1.54) is 5.56 Å². The summed E-state index contributed by atoms with van der Waals surface area (Å²) < 4.78 is 10.6. The van der Waals surface area contributed by atoms with Gasteiger partial charge in [-0.25, -0.2) is 0 Å². The molecular formula is C27H32N4O4. The molecule has 8 nitrogen and oxygen atoms in total. The van der Waals surface area contributed by atoms with Crippen LogP contribution in [0.2, 0.25) is 0 Å². The first-order valence-electron chi connectivity index (χ1n) is 12.1. The van der Waals surface area contributed by atoms with Gasteiger partial charge in [0.2, 0.25) is 5.91 Å². The maximum atomic E-state index is 13.1. The predicted molar refractivity (Wildman–Crippen MR) is 132 cm³/mol. The quantitative estimate of drug-likeness (QED) is 0.488. The number of hydrogen-bond donors (Lipinski definition) is 0. The van der Waals surface area contributed by atoms with E-state index in [1.54, 1.807) is 18.1 Å². The van der Waals surface area contributed by atoms with E-state index in [0.717, 1.165) is 24.8 Å². The zero-order valence-corrected chi connectivity index (χ0v) is 20.6. The van der Waals surface area contributed by atoms with Crippen molar-refractivity contribution >= 4 is 11.8 Å². The molecule has 0 bridgehead atoms. The number of ether oxygens (including phenoxy) is 1. The SMILES string of the molecule is CCCCc1ccc(C(=O)N2CCN(C(=O)Cc3noc(-c4cccc(OC)c4)n3)CC2C)cc1. The number of piperazine rings is 1. The number of amides is 2. The molecular weight excluding hydrogens is 444 g/mol. The van der Waals surface area contributed by atoms with E-state index >= 15 is 0 Å². The van der Waals surface area contributed by atoms with Crippen molar-refractivity contribution in [1.82, 2.24) is 19.9 Å². The minimum absolute atomic E-state index is 0.00717. The lowest BCUT2D eigenvalue weighted by Gasteiger charge is -2.40. The average molecular weight is 477 g/mol.